The van der Waals surface area contributed by atoms with E-state index in [0.717, 1.165) is 52.7 Å². The van der Waals surface area contributed by atoms with E-state index < -0.39 is 5.91 Å². The Kier molecular flexibility index (Phi) is 3.76. The van der Waals surface area contributed by atoms with Crippen LogP contribution in [0.25, 0.3) is 33.3 Å². The fourth-order valence-corrected chi connectivity index (χ4v) is 4.13. The molecule has 0 spiro atoms. The monoisotopic (exact) mass is 368 g/mol. The molecule has 1 aliphatic rings. The maximum atomic E-state index is 11.7. The van der Waals surface area contributed by atoms with Gasteiger partial charge in [-0.05, 0) is 55.7 Å². The average molecular weight is 368 g/mol. The summed E-state index contributed by atoms with van der Waals surface area (Å²) in [4.78, 5) is 16.2. The fourth-order valence-electron chi connectivity index (χ4n) is 4.13. The van der Waals surface area contributed by atoms with Crippen LogP contribution in [0.15, 0.2) is 54.7 Å². The highest BCUT2D eigenvalue weighted by atomic mass is 16.1. The van der Waals surface area contributed by atoms with Gasteiger partial charge in [0.15, 0.2) is 0 Å². The Bertz CT molecular complexity index is 1240. The summed E-state index contributed by atoms with van der Waals surface area (Å²) in [7, 11) is 0. The third-order valence-corrected chi connectivity index (χ3v) is 5.43. The predicted octanol–water partition coefficient (Wildman–Crippen LogP) is 4.12. The lowest BCUT2D eigenvalue weighted by atomic mass is 9.94. The Hall–Kier alpha value is -3.47. The quantitative estimate of drug-likeness (QED) is 0.591. The standard InChI is InChI=1S/C23H20N4O/c1-14-4-2-5-15(12-14)22-21(20-6-3-11-27(20)26-22)17-9-10-25-19-8-7-16(23(24)28)13-18(17)19/h2,4-5,7-10,12-13H,3,6,11H2,1H3,(H2,24,28). The average Bonchev–Trinajstić information content (AvgIpc) is 3.28. The van der Waals surface area contributed by atoms with Crippen LogP contribution < -0.4 is 5.73 Å². The van der Waals surface area contributed by atoms with Crippen LogP contribution in [0.5, 0.6) is 0 Å². The Morgan fingerprint density at radius 1 is 1.14 bits per heavy atom. The van der Waals surface area contributed by atoms with Gasteiger partial charge in [0.25, 0.3) is 0 Å². The van der Waals surface area contributed by atoms with Crippen molar-refractivity contribution in [2.24, 2.45) is 5.73 Å². The van der Waals surface area contributed by atoms with Crippen molar-refractivity contribution in [2.75, 3.05) is 0 Å². The number of hydrogen-bond acceptors (Lipinski definition) is 3. The van der Waals surface area contributed by atoms with Crippen LogP contribution >= 0.6 is 0 Å². The Balaban J connectivity index is 1.83. The number of nitrogens with two attached hydrogens (primary N) is 1. The van der Waals surface area contributed by atoms with Gasteiger partial charge >= 0.3 is 0 Å². The minimum Gasteiger partial charge on any atom is -0.366 e. The molecule has 5 heteroatoms. The summed E-state index contributed by atoms with van der Waals surface area (Å²) in [5.41, 5.74) is 13.6. The molecule has 0 fully saturated rings. The van der Waals surface area contributed by atoms with Crippen LogP contribution in [0.2, 0.25) is 0 Å². The molecule has 0 saturated carbocycles. The van der Waals surface area contributed by atoms with Crippen LogP contribution in [0, 0.1) is 6.92 Å². The SMILES string of the molecule is Cc1cccc(-c2nn3c(c2-c2ccnc4ccc(C(N)=O)cc24)CCC3)c1. The third kappa shape index (κ3) is 2.59. The van der Waals surface area contributed by atoms with Gasteiger partial charge < -0.3 is 5.73 Å². The maximum Gasteiger partial charge on any atom is 0.248 e. The van der Waals surface area contributed by atoms with Gasteiger partial charge in [-0.15, -0.1) is 0 Å². The second-order valence-electron chi connectivity index (χ2n) is 7.32. The first kappa shape index (κ1) is 16.7. The first-order valence-corrected chi connectivity index (χ1v) is 9.47. The minimum atomic E-state index is -0.434. The van der Waals surface area contributed by atoms with Crippen molar-refractivity contribution in [3.05, 3.63) is 71.5 Å². The largest absolute Gasteiger partial charge is 0.366 e. The van der Waals surface area contributed by atoms with Crippen molar-refractivity contribution in [3.63, 3.8) is 0 Å². The number of aryl methyl sites for hydroxylation is 2. The Morgan fingerprint density at radius 2 is 2.04 bits per heavy atom. The number of aromatic nitrogens is 3. The van der Waals surface area contributed by atoms with E-state index in [1.807, 2.05) is 24.4 Å². The molecular formula is C23H20N4O. The summed E-state index contributed by atoms with van der Waals surface area (Å²) >= 11 is 0. The number of hydrogen-bond donors (Lipinski definition) is 1. The van der Waals surface area contributed by atoms with Gasteiger partial charge in [0.1, 0.15) is 5.69 Å². The van der Waals surface area contributed by atoms with Crippen LogP contribution in [-0.4, -0.2) is 20.7 Å². The van der Waals surface area contributed by atoms with E-state index in [-0.39, 0.29) is 0 Å². The Morgan fingerprint density at radius 3 is 2.86 bits per heavy atom. The molecular weight excluding hydrogens is 348 g/mol. The summed E-state index contributed by atoms with van der Waals surface area (Å²) in [5, 5.41) is 5.87. The number of carbonyl (C=O) groups is 1. The second kappa shape index (κ2) is 6.30. The van der Waals surface area contributed by atoms with Crippen LogP contribution in [0.3, 0.4) is 0 Å². The van der Waals surface area contributed by atoms with E-state index in [1.165, 1.54) is 11.3 Å². The highest BCUT2D eigenvalue weighted by Gasteiger charge is 2.25. The molecule has 5 rings (SSSR count). The number of benzene rings is 2. The number of rotatable bonds is 3. The molecule has 2 aromatic heterocycles. The van der Waals surface area contributed by atoms with E-state index >= 15 is 0 Å². The van der Waals surface area contributed by atoms with Gasteiger partial charge in [0.2, 0.25) is 5.91 Å². The fraction of sp³-hybridized carbons (Fsp3) is 0.174. The number of primary amides is 1. The zero-order chi connectivity index (χ0) is 19.3. The van der Waals surface area contributed by atoms with Crippen molar-refractivity contribution in [2.45, 2.75) is 26.3 Å². The van der Waals surface area contributed by atoms with E-state index in [0.29, 0.717) is 5.56 Å². The Labute approximate surface area is 162 Å². The summed E-state index contributed by atoms with van der Waals surface area (Å²) in [6.07, 6.45) is 3.91. The number of amides is 1. The molecule has 0 aliphatic carbocycles. The zero-order valence-corrected chi connectivity index (χ0v) is 15.6. The normalized spacial score (nSPS) is 13.0. The van der Waals surface area contributed by atoms with Crippen molar-refractivity contribution in [3.8, 4) is 22.4 Å². The number of nitrogens with zero attached hydrogens (tertiary/aromatic N) is 3. The number of carbonyl (C=O) groups excluding carboxylic acids is 1. The van der Waals surface area contributed by atoms with Gasteiger partial charge in [0, 0.05) is 40.5 Å². The molecule has 1 amide bonds. The molecule has 0 unspecified atom stereocenters. The number of pyridine rings is 1. The van der Waals surface area contributed by atoms with Crippen LogP contribution in [0.1, 0.15) is 28.0 Å². The summed E-state index contributed by atoms with van der Waals surface area (Å²) in [6, 6.07) is 15.9. The van der Waals surface area contributed by atoms with E-state index in [9.17, 15) is 4.79 Å². The maximum absolute atomic E-state index is 11.7. The highest BCUT2D eigenvalue weighted by molar-refractivity contribution is 6.03. The smallest absolute Gasteiger partial charge is 0.248 e. The van der Waals surface area contributed by atoms with E-state index in [2.05, 4.69) is 40.9 Å². The topological polar surface area (TPSA) is 73.8 Å². The lowest BCUT2D eigenvalue weighted by Crippen LogP contribution is -2.10. The molecule has 2 aromatic carbocycles. The second-order valence-corrected chi connectivity index (χ2v) is 7.32. The third-order valence-electron chi connectivity index (χ3n) is 5.43. The summed E-state index contributed by atoms with van der Waals surface area (Å²) in [5.74, 6) is -0.434. The lowest BCUT2D eigenvalue weighted by Gasteiger charge is -2.10. The lowest BCUT2D eigenvalue weighted by molar-refractivity contribution is 0.100. The van der Waals surface area contributed by atoms with Crippen LogP contribution in [0.4, 0.5) is 0 Å². The molecule has 0 bridgehead atoms. The van der Waals surface area contributed by atoms with Crippen molar-refractivity contribution >= 4 is 16.8 Å². The number of fused-ring (bicyclic) bond motifs is 2. The van der Waals surface area contributed by atoms with Crippen molar-refractivity contribution in [1.29, 1.82) is 0 Å². The highest BCUT2D eigenvalue weighted by Crippen LogP contribution is 2.40. The van der Waals surface area contributed by atoms with Gasteiger partial charge in [0.05, 0.1) is 5.52 Å². The van der Waals surface area contributed by atoms with Gasteiger partial charge in [-0.2, -0.15) is 5.10 Å². The zero-order valence-electron chi connectivity index (χ0n) is 15.6. The molecule has 5 nitrogen and oxygen atoms in total. The molecule has 4 aromatic rings. The molecule has 0 saturated heterocycles. The van der Waals surface area contributed by atoms with E-state index in [4.69, 9.17) is 10.8 Å². The van der Waals surface area contributed by atoms with Gasteiger partial charge in [-0.25, -0.2) is 0 Å². The minimum absolute atomic E-state index is 0.434. The van der Waals surface area contributed by atoms with Crippen LogP contribution in [-0.2, 0) is 13.0 Å². The van der Waals surface area contributed by atoms with Gasteiger partial charge in [-0.3, -0.25) is 14.5 Å². The van der Waals surface area contributed by atoms with Crippen molar-refractivity contribution in [1.82, 2.24) is 14.8 Å². The first-order chi connectivity index (χ1) is 13.6. The predicted molar refractivity (Wildman–Crippen MR) is 110 cm³/mol. The molecule has 0 atom stereocenters. The van der Waals surface area contributed by atoms with Gasteiger partial charge in [-0.1, -0.05) is 23.8 Å². The summed E-state index contributed by atoms with van der Waals surface area (Å²) in [6.45, 7) is 3.03. The molecule has 2 N–H and O–H groups in total. The molecule has 0 radical (unpaired) electrons. The van der Waals surface area contributed by atoms with Crippen molar-refractivity contribution < 1.29 is 4.79 Å². The molecule has 28 heavy (non-hydrogen) atoms. The summed E-state index contributed by atoms with van der Waals surface area (Å²) < 4.78 is 2.12. The molecule has 1 aliphatic heterocycles. The molecule has 3 heterocycles. The van der Waals surface area contributed by atoms with E-state index in [1.54, 1.807) is 6.07 Å². The molecule has 138 valence electrons. The first-order valence-electron chi connectivity index (χ1n) is 9.47.